The molecule has 0 saturated heterocycles. The first-order chi connectivity index (χ1) is 11.0. The number of aromatic nitrogens is 6. The number of imidazole rings is 1. The van der Waals surface area contributed by atoms with Crippen LogP contribution in [0.5, 0.6) is 0 Å². The lowest BCUT2D eigenvalue weighted by molar-refractivity contribution is 0.598. The Kier molecular flexibility index (Phi) is 3.82. The Bertz CT molecular complexity index is 916. The molecule has 2 aromatic heterocycles. The van der Waals surface area contributed by atoms with Crippen molar-refractivity contribution >= 4 is 15.7 Å². The van der Waals surface area contributed by atoms with E-state index in [0.717, 1.165) is 0 Å². The van der Waals surface area contributed by atoms with Crippen LogP contribution in [-0.4, -0.2) is 38.2 Å². The lowest BCUT2D eigenvalue weighted by Crippen LogP contribution is -2.13. The highest BCUT2D eigenvalue weighted by atomic mass is 32.2. The van der Waals surface area contributed by atoms with Gasteiger partial charge in [-0.25, -0.2) is 9.67 Å². The minimum absolute atomic E-state index is 0.00956. The third-order valence-electron chi connectivity index (χ3n) is 3.28. The maximum absolute atomic E-state index is 12.4. The fourth-order valence-electron chi connectivity index (χ4n) is 2.13. The smallest absolute Gasteiger partial charge is 0.280 e. The summed E-state index contributed by atoms with van der Waals surface area (Å²) in [5.41, 5.74) is 1.05. The number of aryl methyl sites for hydroxylation is 2. The van der Waals surface area contributed by atoms with Crippen LogP contribution < -0.4 is 4.72 Å². The van der Waals surface area contributed by atoms with E-state index >= 15 is 0 Å². The quantitative estimate of drug-likeness (QED) is 0.746. The van der Waals surface area contributed by atoms with E-state index in [0.29, 0.717) is 23.7 Å². The number of rotatable bonds is 5. The van der Waals surface area contributed by atoms with E-state index in [-0.39, 0.29) is 5.03 Å². The second-order valence-electron chi connectivity index (χ2n) is 4.82. The summed E-state index contributed by atoms with van der Waals surface area (Å²) in [7, 11) is -3.75. The van der Waals surface area contributed by atoms with Gasteiger partial charge in [0.05, 0.1) is 11.4 Å². The molecule has 1 aromatic carbocycles. The maximum atomic E-state index is 12.4. The molecule has 0 aliphatic carbocycles. The maximum Gasteiger partial charge on any atom is 0.280 e. The molecule has 0 bridgehead atoms. The summed E-state index contributed by atoms with van der Waals surface area (Å²) in [5.74, 6) is 0.648. The minimum Gasteiger partial charge on any atom is -0.334 e. The molecule has 0 spiro atoms. The van der Waals surface area contributed by atoms with Gasteiger partial charge in [0.1, 0.15) is 12.2 Å². The van der Waals surface area contributed by atoms with Gasteiger partial charge in [0.2, 0.25) is 0 Å². The van der Waals surface area contributed by atoms with Gasteiger partial charge in [0.25, 0.3) is 10.0 Å². The van der Waals surface area contributed by atoms with Crippen LogP contribution in [0.15, 0.2) is 41.8 Å². The van der Waals surface area contributed by atoms with Crippen molar-refractivity contribution in [1.29, 1.82) is 0 Å². The fourth-order valence-corrected chi connectivity index (χ4v) is 3.19. The number of sulfonamides is 1. The summed E-state index contributed by atoms with van der Waals surface area (Å²) < 4.78 is 30.6. The predicted octanol–water partition coefficient (Wildman–Crippen LogP) is 0.988. The molecule has 9 nitrogen and oxygen atoms in total. The van der Waals surface area contributed by atoms with E-state index in [9.17, 15) is 8.42 Å². The van der Waals surface area contributed by atoms with E-state index in [4.69, 9.17) is 0 Å². The number of anilines is 1. The summed E-state index contributed by atoms with van der Waals surface area (Å²) >= 11 is 0. The molecule has 0 aliphatic heterocycles. The van der Waals surface area contributed by atoms with Crippen LogP contribution in [0.1, 0.15) is 12.7 Å². The molecule has 3 aromatic rings. The largest absolute Gasteiger partial charge is 0.334 e. The lowest BCUT2D eigenvalue weighted by Gasteiger charge is -2.07. The van der Waals surface area contributed by atoms with E-state index in [1.54, 1.807) is 35.8 Å². The molecule has 10 heteroatoms. The molecule has 0 aliphatic rings. The van der Waals surface area contributed by atoms with Crippen molar-refractivity contribution in [3.63, 3.8) is 0 Å². The standard InChI is InChI=1S/C13H15N7O2S/c1-3-19-8-13(15-10(19)2)23(21,22)16-11-5-4-6-12(7-11)20-9-14-17-18-20/h4-9,16H,3H2,1-2H3. The lowest BCUT2D eigenvalue weighted by atomic mass is 10.3. The molecule has 0 radical (unpaired) electrons. The zero-order valence-corrected chi connectivity index (χ0v) is 13.4. The SMILES string of the molecule is CCn1cc(S(=O)(=O)Nc2cccc(-n3cnnn3)c2)nc1C. The zero-order chi connectivity index (χ0) is 16.4. The Hall–Kier alpha value is -2.75. The molecule has 3 rings (SSSR count). The molecule has 2 heterocycles. The van der Waals surface area contributed by atoms with Crippen LogP contribution in [0.4, 0.5) is 5.69 Å². The van der Waals surface area contributed by atoms with Crippen molar-refractivity contribution in [2.24, 2.45) is 0 Å². The highest BCUT2D eigenvalue weighted by Gasteiger charge is 2.19. The van der Waals surface area contributed by atoms with Gasteiger partial charge in [0, 0.05) is 12.7 Å². The van der Waals surface area contributed by atoms with E-state index in [1.807, 2.05) is 6.92 Å². The predicted molar refractivity (Wildman–Crippen MR) is 82.6 cm³/mol. The third-order valence-corrected chi connectivity index (χ3v) is 4.53. The van der Waals surface area contributed by atoms with Gasteiger partial charge in [-0.2, -0.15) is 8.42 Å². The monoisotopic (exact) mass is 333 g/mol. The Morgan fingerprint density at radius 2 is 2.13 bits per heavy atom. The normalized spacial score (nSPS) is 11.6. The van der Waals surface area contributed by atoms with E-state index in [2.05, 4.69) is 25.2 Å². The first kappa shape index (κ1) is 15.2. The highest BCUT2D eigenvalue weighted by molar-refractivity contribution is 7.92. The average molecular weight is 333 g/mol. The van der Waals surface area contributed by atoms with Crippen LogP contribution in [0.25, 0.3) is 5.69 Å². The molecule has 23 heavy (non-hydrogen) atoms. The van der Waals surface area contributed by atoms with Gasteiger partial charge >= 0.3 is 0 Å². The summed E-state index contributed by atoms with van der Waals surface area (Å²) in [6.45, 7) is 4.35. The number of tetrazole rings is 1. The van der Waals surface area contributed by atoms with Gasteiger partial charge in [-0.15, -0.1) is 5.10 Å². The summed E-state index contributed by atoms with van der Waals surface area (Å²) in [4.78, 5) is 4.10. The Morgan fingerprint density at radius 3 is 2.78 bits per heavy atom. The van der Waals surface area contributed by atoms with Crippen molar-refractivity contribution < 1.29 is 8.42 Å². The van der Waals surface area contributed by atoms with Crippen molar-refractivity contribution in [3.05, 3.63) is 42.6 Å². The number of nitrogens with one attached hydrogen (secondary N) is 1. The molecule has 1 N–H and O–H groups in total. The first-order valence-corrected chi connectivity index (χ1v) is 8.38. The number of nitrogens with zero attached hydrogens (tertiary/aromatic N) is 6. The van der Waals surface area contributed by atoms with Gasteiger partial charge in [0.15, 0.2) is 5.03 Å². The van der Waals surface area contributed by atoms with E-state index in [1.165, 1.54) is 17.2 Å². The van der Waals surface area contributed by atoms with E-state index < -0.39 is 10.0 Å². The molecule has 120 valence electrons. The topological polar surface area (TPSA) is 108 Å². The molecule has 0 fully saturated rings. The average Bonchev–Trinajstić information content (AvgIpc) is 3.16. The minimum atomic E-state index is -3.75. The van der Waals surface area contributed by atoms with Crippen LogP contribution in [0, 0.1) is 6.92 Å². The summed E-state index contributed by atoms with van der Waals surface area (Å²) in [5, 5.41) is 10.9. The first-order valence-electron chi connectivity index (χ1n) is 6.89. The Balaban J connectivity index is 1.90. The van der Waals surface area contributed by atoms with Crippen molar-refractivity contribution in [2.75, 3.05) is 4.72 Å². The number of hydrogen-bond donors (Lipinski definition) is 1. The van der Waals surface area contributed by atoms with Gasteiger partial charge in [-0.1, -0.05) is 6.07 Å². The summed E-state index contributed by atoms with van der Waals surface area (Å²) in [6, 6.07) is 6.77. The second kappa shape index (κ2) is 5.80. The highest BCUT2D eigenvalue weighted by Crippen LogP contribution is 2.18. The zero-order valence-electron chi connectivity index (χ0n) is 12.6. The van der Waals surface area contributed by atoms with Gasteiger partial charge in [-0.3, -0.25) is 4.72 Å². The Labute approximate surface area is 133 Å². The van der Waals surface area contributed by atoms with Crippen LogP contribution in [0.2, 0.25) is 0 Å². The summed E-state index contributed by atoms with van der Waals surface area (Å²) in [6.07, 6.45) is 2.95. The third kappa shape index (κ3) is 3.06. The number of hydrogen-bond acceptors (Lipinski definition) is 6. The molecule has 0 saturated carbocycles. The van der Waals surface area contributed by atoms with Crippen LogP contribution in [-0.2, 0) is 16.6 Å². The molecular weight excluding hydrogens is 318 g/mol. The fraction of sp³-hybridized carbons (Fsp3) is 0.231. The Morgan fingerprint density at radius 1 is 1.30 bits per heavy atom. The molecule has 0 atom stereocenters. The van der Waals surface area contributed by atoms with Gasteiger partial charge in [-0.05, 0) is 42.5 Å². The van der Waals surface area contributed by atoms with Crippen molar-refractivity contribution in [2.45, 2.75) is 25.4 Å². The van der Waals surface area contributed by atoms with Crippen molar-refractivity contribution in [1.82, 2.24) is 29.8 Å². The second-order valence-corrected chi connectivity index (χ2v) is 6.45. The van der Waals surface area contributed by atoms with Crippen LogP contribution >= 0.6 is 0 Å². The van der Waals surface area contributed by atoms with Crippen LogP contribution in [0.3, 0.4) is 0 Å². The van der Waals surface area contributed by atoms with Gasteiger partial charge < -0.3 is 4.57 Å². The molecular formula is C13H15N7O2S. The molecule has 0 amide bonds. The molecule has 0 unspecified atom stereocenters. The number of benzene rings is 1. The van der Waals surface area contributed by atoms with Crippen molar-refractivity contribution in [3.8, 4) is 5.69 Å².